The largest absolute Gasteiger partial charge is 0.345 e. The van der Waals surface area contributed by atoms with Gasteiger partial charge in [-0.05, 0) is 23.6 Å². The molecule has 1 aromatic heterocycles. The summed E-state index contributed by atoms with van der Waals surface area (Å²) in [4.78, 5) is 32.4. The van der Waals surface area contributed by atoms with E-state index in [2.05, 4.69) is 17.1 Å². The van der Waals surface area contributed by atoms with Gasteiger partial charge in [0, 0.05) is 45.5 Å². The zero-order chi connectivity index (χ0) is 17.6. The number of carbonyl (C=O) groups is 2. The lowest BCUT2D eigenvalue weighted by molar-refractivity contribution is -0.136. The van der Waals surface area contributed by atoms with Crippen molar-refractivity contribution in [2.45, 2.75) is 19.4 Å². The third-order valence-electron chi connectivity index (χ3n) is 4.61. The van der Waals surface area contributed by atoms with E-state index in [1.165, 1.54) is 5.56 Å². The van der Waals surface area contributed by atoms with Crippen molar-refractivity contribution in [2.75, 3.05) is 20.1 Å². The quantitative estimate of drug-likeness (QED) is 0.811. The van der Waals surface area contributed by atoms with Crippen LogP contribution in [0, 0.1) is 5.92 Å². The maximum Gasteiger partial charge on any atom is 0.228 e. The molecule has 1 saturated heterocycles. The third-order valence-corrected chi connectivity index (χ3v) is 4.61. The van der Waals surface area contributed by atoms with Gasteiger partial charge in [-0.2, -0.15) is 0 Å². The average Bonchev–Trinajstić information content (AvgIpc) is 2.98. The molecule has 0 bridgehead atoms. The van der Waals surface area contributed by atoms with Crippen LogP contribution in [0.15, 0.2) is 54.9 Å². The van der Waals surface area contributed by atoms with E-state index in [4.69, 9.17) is 0 Å². The van der Waals surface area contributed by atoms with Crippen molar-refractivity contribution < 1.29 is 9.59 Å². The summed E-state index contributed by atoms with van der Waals surface area (Å²) in [6.07, 6.45) is 4.62. The van der Waals surface area contributed by atoms with Crippen LogP contribution in [0.4, 0.5) is 0 Å². The Hall–Kier alpha value is -2.69. The topological polar surface area (TPSA) is 53.5 Å². The highest BCUT2D eigenvalue weighted by Gasteiger charge is 2.34. The van der Waals surface area contributed by atoms with Crippen LogP contribution in [0.1, 0.15) is 17.5 Å². The predicted octanol–water partition coefficient (Wildman–Crippen LogP) is 2.13. The number of hydrogen-bond donors (Lipinski definition) is 0. The molecule has 1 fully saturated rings. The van der Waals surface area contributed by atoms with Crippen molar-refractivity contribution in [3.63, 3.8) is 0 Å². The van der Waals surface area contributed by atoms with Gasteiger partial charge in [0.25, 0.3) is 0 Å². The molecule has 2 heterocycles. The Morgan fingerprint density at radius 1 is 1.20 bits per heavy atom. The van der Waals surface area contributed by atoms with Crippen LogP contribution in [-0.2, 0) is 22.6 Å². The second-order valence-corrected chi connectivity index (χ2v) is 6.53. The molecule has 0 radical (unpaired) electrons. The highest BCUT2D eigenvalue weighted by atomic mass is 16.2. The van der Waals surface area contributed by atoms with E-state index in [9.17, 15) is 9.59 Å². The molecular formula is C20H23N3O2. The van der Waals surface area contributed by atoms with Crippen molar-refractivity contribution in [3.8, 4) is 0 Å². The third kappa shape index (κ3) is 4.44. The van der Waals surface area contributed by atoms with Gasteiger partial charge in [-0.1, -0.05) is 36.4 Å². The van der Waals surface area contributed by atoms with Gasteiger partial charge in [-0.3, -0.25) is 14.6 Å². The standard InChI is InChI=1S/C20H23N3O2/c1-22-15-18(12-19(22)24)20(25)23(14-17-8-5-10-21-13-17)11-9-16-6-3-2-4-7-16/h2-8,10,13,18H,9,11-12,14-15H2,1H3. The van der Waals surface area contributed by atoms with Crippen LogP contribution in [0.25, 0.3) is 0 Å². The normalized spacial score (nSPS) is 16.9. The number of likely N-dealkylation sites (tertiary alicyclic amines) is 1. The minimum atomic E-state index is -0.245. The molecule has 1 aliphatic rings. The van der Waals surface area contributed by atoms with Gasteiger partial charge in [0.15, 0.2) is 0 Å². The van der Waals surface area contributed by atoms with Crippen LogP contribution in [0.5, 0.6) is 0 Å². The monoisotopic (exact) mass is 337 g/mol. The molecule has 2 amide bonds. The number of carbonyl (C=O) groups excluding carboxylic acids is 2. The molecule has 1 aromatic carbocycles. The first-order chi connectivity index (χ1) is 12.1. The molecule has 0 N–H and O–H groups in total. The summed E-state index contributed by atoms with van der Waals surface area (Å²) in [6.45, 7) is 1.66. The first-order valence-electron chi connectivity index (χ1n) is 8.59. The summed E-state index contributed by atoms with van der Waals surface area (Å²) in [5, 5.41) is 0. The average molecular weight is 337 g/mol. The highest BCUT2D eigenvalue weighted by molar-refractivity contribution is 5.89. The summed E-state index contributed by atoms with van der Waals surface area (Å²) in [5.41, 5.74) is 2.20. The molecule has 2 aromatic rings. The second kappa shape index (κ2) is 7.92. The predicted molar refractivity (Wildman–Crippen MR) is 95.5 cm³/mol. The van der Waals surface area contributed by atoms with Gasteiger partial charge in [0.2, 0.25) is 11.8 Å². The van der Waals surface area contributed by atoms with Crippen LogP contribution in [0.3, 0.4) is 0 Å². The summed E-state index contributed by atoms with van der Waals surface area (Å²) in [7, 11) is 1.75. The van der Waals surface area contributed by atoms with Crippen LogP contribution < -0.4 is 0 Å². The lowest BCUT2D eigenvalue weighted by atomic mass is 10.1. The first-order valence-corrected chi connectivity index (χ1v) is 8.59. The SMILES string of the molecule is CN1CC(C(=O)N(CCc2ccccc2)Cc2cccnc2)CC1=O. The Bertz CT molecular complexity index is 718. The maximum atomic E-state index is 13.0. The Balaban J connectivity index is 1.71. The molecule has 130 valence electrons. The molecule has 0 saturated carbocycles. The summed E-state index contributed by atoms with van der Waals surface area (Å²) in [6, 6.07) is 14.0. The molecule has 0 spiro atoms. The smallest absolute Gasteiger partial charge is 0.228 e. The van der Waals surface area contributed by atoms with Crippen molar-refractivity contribution in [1.82, 2.24) is 14.8 Å². The number of nitrogens with zero attached hydrogens (tertiary/aromatic N) is 3. The fraction of sp³-hybridized carbons (Fsp3) is 0.350. The number of rotatable bonds is 6. The van der Waals surface area contributed by atoms with Crippen LogP contribution in [0.2, 0.25) is 0 Å². The van der Waals surface area contributed by atoms with Crippen LogP contribution >= 0.6 is 0 Å². The Morgan fingerprint density at radius 2 is 1.96 bits per heavy atom. The summed E-state index contributed by atoms with van der Waals surface area (Å²) in [5.74, 6) is -0.148. The zero-order valence-electron chi connectivity index (χ0n) is 14.5. The van der Waals surface area contributed by atoms with Crippen molar-refractivity contribution >= 4 is 11.8 Å². The highest BCUT2D eigenvalue weighted by Crippen LogP contribution is 2.20. The Labute approximate surface area is 148 Å². The van der Waals surface area contributed by atoms with Gasteiger partial charge in [-0.15, -0.1) is 0 Å². The number of aromatic nitrogens is 1. The molecule has 5 heteroatoms. The molecule has 1 unspecified atom stereocenters. The fourth-order valence-corrected chi connectivity index (χ4v) is 3.18. The van der Waals surface area contributed by atoms with E-state index >= 15 is 0 Å². The van der Waals surface area contributed by atoms with Crippen molar-refractivity contribution in [3.05, 3.63) is 66.0 Å². The number of pyridine rings is 1. The van der Waals surface area contributed by atoms with Crippen LogP contribution in [-0.4, -0.2) is 46.7 Å². The molecular weight excluding hydrogens is 314 g/mol. The lowest BCUT2D eigenvalue weighted by Crippen LogP contribution is -2.38. The van der Waals surface area contributed by atoms with Gasteiger partial charge >= 0.3 is 0 Å². The van der Waals surface area contributed by atoms with Gasteiger partial charge in [-0.25, -0.2) is 0 Å². The van der Waals surface area contributed by atoms with E-state index in [0.29, 0.717) is 26.1 Å². The fourth-order valence-electron chi connectivity index (χ4n) is 3.18. The summed E-state index contributed by atoms with van der Waals surface area (Å²) < 4.78 is 0. The minimum Gasteiger partial charge on any atom is -0.345 e. The van der Waals surface area contributed by atoms with Crippen molar-refractivity contribution in [1.29, 1.82) is 0 Å². The van der Waals surface area contributed by atoms with E-state index < -0.39 is 0 Å². The first kappa shape index (κ1) is 17.1. The van der Waals surface area contributed by atoms with E-state index in [0.717, 1.165) is 12.0 Å². The molecule has 0 aliphatic carbocycles. The Kier molecular flexibility index (Phi) is 5.43. The Morgan fingerprint density at radius 3 is 2.60 bits per heavy atom. The molecule has 1 aliphatic heterocycles. The van der Waals surface area contributed by atoms with Crippen molar-refractivity contribution in [2.24, 2.45) is 5.92 Å². The molecule has 25 heavy (non-hydrogen) atoms. The minimum absolute atomic E-state index is 0.0442. The molecule has 5 nitrogen and oxygen atoms in total. The number of hydrogen-bond acceptors (Lipinski definition) is 3. The molecule has 1 atom stereocenters. The van der Waals surface area contributed by atoms with Gasteiger partial charge < -0.3 is 9.80 Å². The lowest BCUT2D eigenvalue weighted by Gasteiger charge is -2.25. The second-order valence-electron chi connectivity index (χ2n) is 6.53. The van der Waals surface area contributed by atoms with E-state index in [1.807, 2.05) is 35.2 Å². The summed E-state index contributed by atoms with van der Waals surface area (Å²) >= 11 is 0. The van der Waals surface area contributed by atoms with Gasteiger partial charge in [0.05, 0.1) is 5.92 Å². The van der Waals surface area contributed by atoms with E-state index in [1.54, 1.807) is 24.3 Å². The maximum absolute atomic E-state index is 13.0. The zero-order valence-corrected chi connectivity index (χ0v) is 14.5. The number of amides is 2. The molecule has 3 rings (SSSR count). The van der Waals surface area contributed by atoms with E-state index in [-0.39, 0.29) is 17.7 Å². The van der Waals surface area contributed by atoms with Gasteiger partial charge in [0.1, 0.15) is 0 Å². The number of benzene rings is 1.